The maximum Gasteiger partial charge on any atom is 1.00 e. The van der Waals surface area contributed by atoms with E-state index in [0.29, 0.717) is 35.8 Å². The summed E-state index contributed by atoms with van der Waals surface area (Å²) in [5.41, 5.74) is 4.36. The molecule has 0 saturated heterocycles. The molecule has 0 saturated carbocycles. The Morgan fingerprint density at radius 3 is 2.33 bits per heavy atom. The molecule has 0 fully saturated rings. The predicted octanol–water partition coefficient (Wildman–Crippen LogP) is -3.35. The van der Waals surface area contributed by atoms with Gasteiger partial charge in [-0.3, -0.25) is 4.57 Å². The first-order valence-electron chi connectivity index (χ1n) is 10.6. The Balaban J connectivity index is 0.00000180. The number of aromatic nitrogens is 4. The molecule has 36 heavy (non-hydrogen) atoms. The van der Waals surface area contributed by atoms with Gasteiger partial charge in [0.2, 0.25) is 0 Å². The van der Waals surface area contributed by atoms with Gasteiger partial charge in [0, 0.05) is 11.1 Å². The van der Waals surface area contributed by atoms with Gasteiger partial charge < -0.3 is 24.3 Å². The number of fused-ring (bicyclic) bond motifs is 1. The number of imidazole rings is 1. The van der Waals surface area contributed by atoms with Crippen molar-refractivity contribution in [3.05, 3.63) is 77.9 Å². The molecule has 2 aromatic heterocycles. The fraction of sp³-hybridized carbons (Fsp3) is 0.120. The predicted molar refractivity (Wildman–Crippen MR) is 119 cm³/mol. The maximum atomic E-state index is 11.7. The van der Waals surface area contributed by atoms with Crippen LogP contribution in [0.15, 0.2) is 71.3 Å². The summed E-state index contributed by atoms with van der Waals surface area (Å²) >= 11 is 0. The average Bonchev–Trinajstić information content (AvgIpc) is 3.43. The molecule has 0 unspecified atom stereocenters. The number of ether oxygens (including phenoxy) is 1. The monoisotopic (exact) mass is 500 g/mol. The number of carboxylic acid groups (broad SMARTS) is 1. The van der Waals surface area contributed by atoms with Gasteiger partial charge in [-0.2, -0.15) is 10.1 Å². The number of hydrogen-bond acceptors (Lipinski definition) is 8. The van der Waals surface area contributed by atoms with Gasteiger partial charge in [-0.25, -0.2) is 4.98 Å². The summed E-state index contributed by atoms with van der Waals surface area (Å²) in [5.74, 6) is -1.05. The van der Waals surface area contributed by atoms with Gasteiger partial charge in [0.25, 0.3) is 6.01 Å². The maximum absolute atomic E-state index is 11.7. The number of nitrogens with zero attached hydrogens (tertiary/aromatic N) is 4. The molecule has 0 bridgehead atoms. The van der Waals surface area contributed by atoms with E-state index in [2.05, 4.69) is 19.6 Å². The molecule has 11 heteroatoms. The van der Waals surface area contributed by atoms with Crippen LogP contribution in [0.4, 0.5) is 0 Å². The standard InChI is InChI=1S/C25H20N4O5.2Na/c1-2-33-24-26-20-9-5-8-19(23(30)31)21(20)29(24)14-15-10-12-16(13-11-15)17-6-3-4-7-18(17)22-27-25(32)34-28-22;;/h3-13H,2,14H2,1H3,(H,30,31)(H,27,28,32);;/q;2*+1/p-2. The topological polar surface area (TPSA) is 129 Å². The molecule has 0 spiro atoms. The van der Waals surface area contributed by atoms with Crippen LogP contribution in [0.3, 0.4) is 0 Å². The van der Waals surface area contributed by atoms with Crippen molar-refractivity contribution in [1.82, 2.24) is 19.7 Å². The molecule has 0 aliphatic heterocycles. The zero-order valence-corrected chi connectivity index (χ0v) is 24.1. The number of rotatable bonds is 7. The molecule has 5 aromatic rings. The molecular formula is C25H18N4Na2O5. The van der Waals surface area contributed by atoms with E-state index < -0.39 is 12.0 Å². The molecule has 5 rings (SSSR count). The number of aromatic carboxylic acids is 1. The Bertz CT molecular complexity index is 1500. The smallest absolute Gasteiger partial charge is 0.545 e. The second-order valence-corrected chi connectivity index (χ2v) is 7.50. The first-order chi connectivity index (χ1) is 16.5. The van der Waals surface area contributed by atoms with Crippen molar-refractivity contribution in [3.63, 3.8) is 0 Å². The Hall–Kier alpha value is -2.66. The number of benzene rings is 3. The summed E-state index contributed by atoms with van der Waals surface area (Å²) in [4.78, 5) is 20.0. The second-order valence-electron chi connectivity index (χ2n) is 7.50. The van der Waals surface area contributed by atoms with Gasteiger partial charge in [0.15, 0.2) is 11.9 Å². The number of hydrogen-bond donors (Lipinski definition) is 0. The first kappa shape index (κ1) is 27.9. The van der Waals surface area contributed by atoms with E-state index in [9.17, 15) is 15.0 Å². The fourth-order valence-electron chi connectivity index (χ4n) is 3.94. The van der Waals surface area contributed by atoms with Crippen molar-refractivity contribution < 1.29 is 83.4 Å². The third kappa shape index (κ3) is 5.51. The Morgan fingerprint density at radius 2 is 1.69 bits per heavy atom. The van der Waals surface area contributed by atoms with E-state index in [-0.39, 0.29) is 70.5 Å². The van der Waals surface area contributed by atoms with Crippen molar-refractivity contribution in [2.75, 3.05) is 6.61 Å². The number of carbonyl (C=O) groups is 1. The molecule has 0 aliphatic rings. The Labute approximate surface area is 250 Å². The SMILES string of the molecule is CCOc1nc2cccc(C(=O)[O-])c2n1Cc1ccc(-c2ccccc2-c2noc([O-])n2)cc1.[Na+].[Na+]. The molecule has 0 amide bonds. The van der Waals surface area contributed by atoms with Gasteiger partial charge >= 0.3 is 59.1 Å². The summed E-state index contributed by atoms with van der Waals surface area (Å²) in [6.07, 6.45) is -0.742. The van der Waals surface area contributed by atoms with Crippen molar-refractivity contribution >= 4 is 17.0 Å². The van der Waals surface area contributed by atoms with E-state index in [0.717, 1.165) is 16.7 Å². The van der Waals surface area contributed by atoms with E-state index in [1.54, 1.807) is 16.7 Å². The molecule has 9 nitrogen and oxygen atoms in total. The molecule has 3 aromatic carbocycles. The second kappa shape index (κ2) is 12.1. The quantitative estimate of drug-likeness (QED) is 0.212. The van der Waals surface area contributed by atoms with Gasteiger partial charge in [-0.05, 0) is 29.7 Å². The van der Waals surface area contributed by atoms with Gasteiger partial charge in [-0.15, -0.1) is 0 Å². The van der Waals surface area contributed by atoms with Crippen molar-refractivity contribution in [1.29, 1.82) is 0 Å². The Morgan fingerprint density at radius 1 is 0.972 bits per heavy atom. The zero-order chi connectivity index (χ0) is 23.7. The largest absolute Gasteiger partial charge is 1.00 e. The molecule has 0 N–H and O–H groups in total. The van der Waals surface area contributed by atoms with Crippen molar-refractivity contribution in [3.8, 4) is 34.6 Å². The summed E-state index contributed by atoms with van der Waals surface area (Å²) in [5, 5.41) is 26.8. The molecule has 0 atom stereocenters. The van der Waals surface area contributed by atoms with Crippen LogP contribution < -0.4 is 74.1 Å². The fourth-order valence-corrected chi connectivity index (χ4v) is 3.94. The molecular weight excluding hydrogens is 482 g/mol. The summed E-state index contributed by atoms with van der Waals surface area (Å²) in [6, 6.07) is 20.4. The van der Waals surface area contributed by atoms with Crippen LogP contribution in [-0.4, -0.2) is 32.3 Å². The number of carboxylic acids is 1. The summed E-state index contributed by atoms with van der Waals surface area (Å²) in [6.45, 7) is 2.58. The van der Waals surface area contributed by atoms with E-state index >= 15 is 0 Å². The molecule has 2 heterocycles. The van der Waals surface area contributed by atoms with Crippen LogP contribution in [0.5, 0.6) is 12.1 Å². The first-order valence-corrected chi connectivity index (χ1v) is 10.6. The van der Waals surface area contributed by atoms with Crippen LogP contribution in [0.1, 0.15) is 22.8 Å². The average molecular weight is 500 g/mol. The third-order valence-corrected chi connectivity index (χ3v) is 5.41. The summed E-state index contributed by atoms with van der Waals surface area (Å²) < 4.78 is 12.0. The van der Waals surface area contributed by atoms with Gasteiger partial charge in [-0.1, -0.05) is 60.7 Å². The molecule has 0 aliphatic carbocycles. The molecule has 0 radical (unpaired) electrons. The minimum absolute atomic E-state index is 0. The number of para-hydroxylation sites is 1. The van der Waals surface area contributed by atoms with Crippen LogP contribution in [0.25, 0.3) is 33.5 Å². The van der Waals surface area contributed by atoms with Crippen LogP contribution in [0.2, 0.25) is 0 Å². The van der Waals surface area contributed by atoms with Crippen LogP contribution >= 0.6 is 0 Å². The minimum atomic E-state index is -1.27. The minimum Gasteiger partial charge on any atom is -0.545 e. The van der Waals surface area contributed by atoms with E-state index in [1.807, 2.05) is 55.5 Å². The van der Waals surface area contributed by atoms with Crippen molar-refractivity contribution in [2.24, 2.45) is 0 Å². The van der Waals surface area contributed by atoms with Gasteiger partial charge in [0.05, 0.1) is 30.2 Å². The summed E-state index contributed by atoms with van der Waals surface area (Å²) in [7, 11) is 0. The van der Waals surface area contributed by atoms with E-state index in [4.69, 9.17) is 4.74 Å². The van der Waals surface area contributed by atoms with Crippen LogP contribution in [-0.2, 0) is 6.54 Å². The molecule has 170 valence electrons. The van der Waals surface area contributed by atoms with Gasteiger partial charge in [0.1, 0.15) is 0 Å². The normalized spacial score (nSPS) is 10.5. The Kier molecular flexibility index (Phi) is 9.35. The third-order valence-electron chi connectivity index (χ3n) is 5.41. The van der Waals surface area contributed by atoms with E-state index in [1.165, 1.54) is 6.07 Å². The van der Waals surface area contributed by atoms with Crippen LogP contribution in [0, 0.1) is 0 Å². The zero-order valence-electron chi connectivity index (χ0n) is 20.1. The number of carbonyl (C=O) groups excluding carboxylic acids is 1. The van der Waals surface area contributed by atoms with Crippen molar-refractivity contribution in [2.45, 2.75) is 13.5 Å².